The summed E-state index contributed by atoms with van der Waals surface area (Å²) in [5, 5.41) is 0.246. The van der Waals surface area contributed by atoms with Crippen LogP contribution in [0.3, 0.4) is 0 Å². The molecule has 1 fully saturated rings. The van der Waals surface area contributed by atoms with Gasteiger partial charge >= 0.3 is 0 Å². The number of nitrogens with two attached hydrogens (primary N) is 1. The Kier molecular flexibility index (Phi) is 4.80. The number of carbonyl (C=O) groups excluding carboxylic acids is 1. The lowest BCUT2D eigenvalue weighted by atomic mass is 10.2. The van der Waals surface area contributed by atoms with Crippen molar-refractivity contribution in [2.75, 3.05) is 32.6 Å². The predicted octanol–water partition coefficient (Wildman–Crippen LogP) is 1.19. The van der Waals surface area contributed by atoms with E-state index in [9.17, 15) is 4.79 Å². The van der Waals surface area contributed by atoms with E-state index in [-0.39, 0.29) is 11.1 Å². The van der Waals surface area contributed by atoms with Crippen LogP contribution in [0.25, 0.3) is 0 Å². The van der Waals surface area contributed by atoms with E-state index in [0.717, 1.165) is 13.0 Å². The van der Waals surface area contributed by atoms with E-state index < -0.39 is 0 Å². The molecule has 1 saturated heterocycles. The van der Waals surface area contributed by atoms with Gasteiger partial charge in [0.05, 0.1) is 0 Å². The van der Waals surface area contributed by atoms with Gasteiger partial charge < -0.3 is 15.2 Å². The van der Waals surface area contributed by atoms with Gasteiger partial charge in [-0.25, -0.2) is 10.8 Å². The number of aromatic nitrogens is 1. The lowest BCUT2D eigenvalue weighted by molar-refractivity contribution is 0.0761. The fourth-order valence-corrected chi connectivity index (χ4v) is 2.73. The minimum Gasteiger partial charge on any atom is -0.340 e. The molecule has 2 heterocycles. The summed E-state index contributed by atoms with van der Waals surface area (Å²) in [7, 11) is 3.90. The Labute approximate surface area is 123 Å². The molecule has 0 saturated carbocycles. The average molecular weight is 298 g/mol. The first-order valence-corrected chi connectivity index (χ1v) is 6.99. The number of rotatable bonds is 4. The van der Waals surface area contributed by atoms with Crippen LogP contribution in [0, 0.1) is 0 Å². The molecule has 2 rings (SSSR count). The summed E-state index contributed by atoms with van der Waals surface area (Å²) < 4.78 is 0. The number of nitrogens with zero attached hydrogens (tertiary/aromatic N) is 3. The molecule has 1 unspecified atom stereocenters. The minimum absolute atomic E-state index is 0.0777. The molecule has 20 heavy (non-hydrogen) atoms. The van der Waals surface area contributed by atoms with Crippen molar-refractivity contribution in [3.8, 4) is 0 Å². The van der Waals surface area contributed by atoms with Crippen LogP contribution in [0.4, 0.5) is 5.82 Å². The van der Waals surface area contributed by atoms with Crippen LogP contribution in [-0.2, 0) is 0 Å². The highest BCUT2D eigenvalue weighted by Gasteiger charge is 2.24. The summed E-state index contributed by atoms with van der Waals surface area (Å²) in [6.07, 6.45) is 2.31. The van der Waals surface area contributed by atoms with Gasteiger partial charge in [0, 0.05) is 25.2 Å². The number of nitrogen functional groups attached to an aromatic ring is 1. The zero-order chi connectivity index (χ0) is 14.7. The van der Waals surface area contributed by atoms with Crippen LogP contribution in [0.1, 0.15) is 23.2 Å². The average Bonchev–Trinajstić information content (AvgIpc) is 2.82. The van der Waals surface area contributed by atoms with E-state index in [2.05, 4.69) is 22.4 Å². The lowest BCUT2D eigenvalue weighted by Crippen LogP contribution is -2.39. The van der Waals surface area contributed by atoms with Crippen LogP contribution < -0.4 is 11.3 Å². The Morgan fingerprint density at radius 2 is 2.40 bits per heavy atom. The van der Waals surface area contributed by atoms with Crippen molar-refractivity contribution in [1.82, 2.24) is 14.8 Å². The van der Waals surface area contributed by atoms with Crippen LogP contribution >= 0.6 is 11.6 Å². The summed E-state index contributed by atoms with van der Waals surface area (Å²) in [6, 6.07) is 3.58. The van der Waals surface area contributed by atoms with Crippen molar-refractivity contribution in [3.63, 3.8) is 0 Å². The van der Waals surface area contributed by atoms with Gasteiger partial charge in [-0.05, 0) is 38.6 Å². The second-order valence-corrected chi connectivity index (χ2v) is 5.56. The van der Waals surface area contributed by atoms with Crippen molar-refractivity contribution in [2.24, 2.45) is 5.84 Å². The second-order valence-electron chi connectivity index (χ2n) is 5.17. The Morgan fingerprint density at radius 3 is 3.00 bits per heavy atom. The van der Waals surface area contributed by atoms with Crippen LogP contribution in [-0.4, -0.2) is 53.9 Å². The number of hydrazine groups is 1. The predicted molar refractivity (Wildman–Crippen MR) is 79.7 cm³/mol. The maximum absolute atomic E-state index is 12.4. The molecule has 7 heteroatoms. The van der Waals surface area contributed by atoms with E-state index in [0.29, 0.717) is 24.0 Å². The van der Waals surface area contributed by atoms with E-state index >= 15 is 0 Å². The minimum atomic E-state index is -0.0777. The number of pyridine rings is 1. The molecule has 0 bridgehead atoms. The van der Waals surface area contributed by atoms with E-state index in [1.54, 1.807) is 24.1 Å². The molecular formula is C13H20ClN5O. The number of hydrogen-bond acceptors (Lipinski definition) is 5. The van der Waals surface area contributed by atoms with Crippen molar-refractivity contribution >= 4 is 23.3 Å². The molecule has 0 aliphatic carbocycles. The standard InChI is InChI=1S/C13H20ClN5O/c1-18-5-3-4-10(18)8-19(2)13(20)9-6-11(14)16-12(7-9)17-15/h6-7,10H,3-5,8,15H2,1-2H3,(H,16,17). The zero-order valence-corrected chi connectivity index (χ0v) is 12.5. The Hall–Kier alpha value is -1.37. The maximum Gasteiger partial charge on any atom is 0.253 e. The summed E-state index contributed by atoms with van der Waals surface area (Å²) in [5.74, 6) is 5.62. The highest BCUT2D eigenvalue weighted by molar-refractivity contribution is 6.29. The Balaban J connectivity index is 2.08. The first-order valence-electron chi connectivity index (χ1n) is 6.61. The van der Waals surface area contributed by atoms with Gasteiger partial charge in [-0.15, -0.1) is 0 Å². The molecule has 1 aliphatic rings. The highest BCUT2D eigenvalue weighted by Crippen LogP contribution is 2.18. The molecule has 1 aromatic rings. The summed E-state index contributed by atoms with van der Waals surface area (Å²) >= 11 is 5.89. The third-order valence-electron chi connectivity index (χ3n) is 3.69. The number of nitrogens with one attached hydrogen (secondary N) is 1. The molecule has 1 amide bonds. The van der Waals surface area contributed by atoms with Gasteiger partial charge in [0.25, 0.3) is 5.91 Å². The third-order valence-corrected chi connectivity index (χ3v) is 3.89. The van der Waals surface area contributed by atoms with Gasteiger partial charge in [-0.3, -0.25) is 4.79 Å². The summed E-state index contributed by atoms with van der Waals surface area (Å²) in [4.78, 5) is 20.4. The molecule has 0 radical (unpaired) electrons. The molecule has 1 atom stereocenters. The van der Waals surface area contributed by atoms with E-state index in [1.165, 1.54) is 6.42 Å². The van der Waals surface area contributed by atoms with Crippen molar-refractivity contribution in [3.05, 3.63) is 22.8 Å². The number of carbonyl (C=O) groups is 1. The van der Waals surface area contributed by atoms with Crippen LogP contribution in [0.2, 0.25) is 5.15 Å². The number of anilines is 1. The number of halogens is 1. The first-order chi connectivity index (χ1) is 9.51. The summed E-state index contributed by atoms with van der Waals surface area (Å²) in [5.41, 5.74) is 2.89. The van der Waals surface area contributed by atoms with Crippen molar-refractivity contribution in [1.29, 1.82) is 0 Å². The van der Waals surface area contributed by atoms with Crippen molar-refractivity contribution < 1.29 is 4.79 Å². The van der Waals surface area contributed by atoms with Crippen LogP contribution in [0.5, 0.6) is 0 Å². The monoisotopic (exact) mass is 297 g/mol. The SMILES string of the molecule is CN(CC1CCCN1C)C(=O)c1cc(Cl)nc(NN)c1. The number of likely N-dealkylation sites (N-methyl/N-ethyl adjacent to an activating group) is 2. The molecule has 0 spiro atoms. The topological polar surface area (TPSA) is 74.5 Å². The molecule has 6 nitrogen and oxygen atoms in total. The van der Waals surface area contributed by atoms with Gasteiger partial charge in [-0.2, -0.15) is 0 Å². The molecular weight excluding hydrogens is 278 g/mol. The quantitative estimate of drug-likeness (QED) is 0.496. The fourth-order valence-electron chi connectivity index (χ4n) is 2.52. The van der Waals surface area contributed by atoms with Crippen molar-refractivity contribution in [2.45, 2.75) is 18.9 Å². The third kappa shape index (κ3) is 3.39. The smallest absolute Gasteiger partial charge is 0.253 e. The maximum atomic E-state index is 12.4. The van der Waals surface area contributed by atoms with Gasteiger partial charge in [0.1, 0.15) is 11.0 Å². The first kappa shape index (κ1) is 15.0. The van der Waals surface area contributed by atoms with Gasteiger partial charge in [0.15, 0.2) is 0 Å². The Morgan fingerprint density at radius 1 is 1.65 bits per heavy atom. The van der Waals surface area contributed by atoms with Crippen LogP contribution in [0.15, 0.2) is 12.1 Å². The summed E-state index contributed by atoms with van der Waals surface area (Å²) in [6.45, 7) is 1.80. The normalized spacial score (nSPS) is 19.1. The largest absolute Gasteiger partial charge is 0.340 e. The van der Waals surface area contributed by atoms with Gasteiger partial charge in [0.2, 0.25) is 0 Å². The van der Waals surface area contributed by atoms with Gasteiger partial charge in [-0.1, -0.05) is 11.6 Å². The molecule has 110 valence electrons. The second kappa shape index (κ2) is 6.39. The zero-order valence-electron chi connectivity index (χ0n) is 11.8. The molecule has 0 aromatic carbocycles. The number of hydrogen-bond donors (Lipinski definition) is 2. The molecule has 1 aromatic heterocycles. The number of amides is 1. The number of likely N-dealkylation sites (tertiary alicyclic amines) is 1. The lowest BCUT2D eigenvalue weighted by Gasteiger charge is -2.26. The highest BCUT2D eigenvalue weighted by atomic mass is 35.5. The Bertz CT molecular complexity index is 496. The molecule has 3 N–H and O–H groups in total. The van der Waals surface area contributed by atoms with E-state index in [1.807, 2.05) is 0 Å². The molecule has 1 aliphatic heterocycles. The van der Waals surface area contributed by atoms with E-state index in [4.69, 9.17) is 17.4 Å². The fraction of sp³-hybridized carbons (Fsp3) is 0.538.